The van der Waals surface area contributed by atoms with Crippen LogP contribution in [0.2, 0.25) is 0 Å². The lowest BCUT2D eigenvalue weighted by atomic mass is 9.94. The molecule has 5 heterocycles. The molecule has 0 saturated carbocycles. The molecule has 0 bridgehead atoms. The summed E-state index contributed by atoms with van der Waals surface area (Å²) in [6, 6.07) is -8.42. The maximum Gasteiger partial charge on any atom is 0.397 e. The zero-order valence-electron chi connectivity index (χ0n) is 43.0. The van der Waals surface area contributed by atoms with E-state index in [0.717, 1.165) is 4.72 Å². The van der Waals surface area contributed by atoms with Gasteiger partial charge in [-0.25, -0.2) is 30.5 Å². The number of aliphatic carboxylic acids is 2. The zero-order chi connectivity index (χ0) is 68.7. The van der Waals surface area contributed by atoms with E-state index in [2.05, 4.69) is 20.9 Å². The second-order valence-electron chi connectivity index (χ2n) is 18.5. The molecule has 20 N–H and O–H groups in total. The van der Waals surface area contributed by atoms with Crippen molar-refractivity contribution >= 4 is 94.8 Å². The van der Waals surface area contributed by atoms with E-state index in [-0.39, 0.29) is 0 Å². The van der Waals surface area contributed by atoms with Crippen LogP contribution in [0.3, 0.4) is 0 Å². The van der Waals surface area contributed by atoms with Crippen LogP contribution >= 0.6 is 0 Å². The van der Waals surface area contributed by atoms with Crippen LogP contribution in [0.4, 0.5) is 0 Å². The van der Waals surface area contributed by atoms with E-state index in [1.807, 2.05) is 0 Å². The molecule has 0 aromatic heterocycles. The molecule has 60 heteroatoms. The van der Waals surface area contributed by atoms with Gasteiger partial charge in [0.2, 0.25) is 0 Å². The van der Waals surface area contributed by atoms with Crippen LogP contribution < -0.4 is 14.2 Å². The van der Waals surface area contributed by atoms with Crippen molar-refractivity contribution in [1.82, 2.24) is 14.2 Å². The normalized spacial score (nSPS) is 38.9. The summed E-state index contributed by atoms with van der Waals surface area (Å²) in [4.78, 5) is 25.7. The maximum absolute atomic E-state index is 12.9. The summed E-state index contributed by atoms with van der Waals surface area (Å²) in [6.45, 7) is -5.16. The van der Waals surface area contributed by atoms with Crippen LogP contribution in [0.25, 0.3) is 0 Å². The molecule has 90 heavy (non-hydrogen) atoms. The molecule has 5 saturated heterocycles. The number of aliphatic hydroxyl groups excluding tert-OH is 7. The van der Waals surface area contributed by atoms with Crippen LogP contribution in [0.15, 0.2) is 0 Å². The Hall–Kier alpha value is -2.74. The molecular weight excluding hydrogens is 1440 g/mol. The van der Waals surface area contributed by atoms with Crippen molar-refractivity contribution in [3.05, 3.63) is 0 Å². The third-order valence-electron chi connectivity index (χ3n) is 12.2. The minimum Gasteiger partial charge on any atom is -0.479 e. The summed E-state index contributed by atoms with van der Waals surface area (Å²) in [7, 11) is -46.7. The van der Waals surface area contributed by atoms with Crippen LogP contribution in [-0.2, 0) is 156 Å². The van der Waals surface area contributed by atoms with E-state index in [9.17, 15) is 150 Å². The fraction of sp³-hybridized carbons (Fsp3) is 0.933. The molecule has 5 aliphatic rings. The molecule has 0 aromatic rings. The highest BCUT2D eigenvalue weighted by molar-refractivity contribution is 7.84. The van der Waals surface area contributed by atoms with Crippen molar-refractivity contribution in [1.29, 1.82) is 0 Å². The number of rotatable bonds is 29. The smallest absolute Gasteiger partial charge is 0.397 e. The average molecular weight is 1490 g/mol. The minimum absolute atomic E-state index is 1.09. The number of carboxylic acids is 2. The van der Waals surface area contributed by atoms with Crippen LogP contribution in [0, 0.1) is 0 Å². The van der Waals surface area contributed by atoms with Gasteiger partial charge in [-0.2, -0.15) is 81.5 Å². The molecule has 52 nitrogen and oxygen atoms in total. The maximum atomic E-state index is 12.9. The Morgan fingerprint density at radius 2 is 0.700 bits per heavy atom. The van der Waals surface area contributed by atoms with E-state index < -0.39 is 268 Å². The predicted octanol–water partition coefficient (Wildman–Crippen LogP) is -14.4. The van der Waals surface area contributed by atoms with Crippen molar-refractivity contribution in [2.45, 2.75) is 153 Å². The Kier molecular flexibility index (Phi) is 25.4. The number of nitrogens with one attached hydrogen (secondary N) is 3. The molecule has 0 spiro atoms. The van der Waals surface area contributed by atoms with Gasteiger partial charge in [-0.05, 0) is 0 Å². The lowest BCUT2D eigenvalue weighted by molar-refractivity contribution is -0.372. The van der Waals surface area contributed by atoms with Gasteiger partial charge in [0.05, 0.1) is 19.8 Å². The van der Waals surface area contributed by atoms with Crippen molar-refractivity contribution in [2.75, 3.05) is 19.8 Å². The Balaban J connectivity index is 1.59. The van der Waals surface area contributed by atoms with Crippen molar-refractivity contribution < 1.29 is 223 Å². The molecule has 0 amide bonds. The van der Waals surface area contributed by atoms with E-state index in [0.29, 0.717) is 0 Å². The fourth-order valence-corrected chi connectivity index (χ4v) is 12.5. The minimum atomic E-state index is -6.36. The molecule has 25 atom stereocenters. The lowest BCUT2D eigenvalue weighted by Gasteiger charge is -2.50. The molecule has 0 radical (unpaired) electrons. The highest BCUT2D eigenvalue weighted by Crippen LogP contribution is 2.38. The molecule has 5 aliphatic heterocycles. The average Bonchev–Trinajstić information content (AvgIpc) is 0.774. The van der Waals surface area contributed by atoms with E-state index in [4.69, 9.17) is 51.7 Å². The van der Waals surface area contributed by atoms with Crippen molar-refractivity contribution in [3.8, 4) is 0 Å². The topological polar surface area (TPSA) is 816 Å². The van der Waals surface area contributed by atoms with E-state index >= 15 is 0 Å². The summed E-state index contributed by atoms with van der Waals surface area (Å²) in [6.07, 6.45) is -64.7. The second kappa shape index (κ2) is 29.3. The Bertz CT molecular complexity index is 3470. The molecular formula is C30H51N3O49S8. The molecule has 0 aromatic carbocycles. The first kappa shape index (κ1) is 78.0. The second-order valence-corrected chi connectivity index (χ2v) is 27.4. The monoisotopic (exact) mass is 1490 g/mol. The summed E-state index contributed by atoms with van der Waals surface area (Å²) in [5.74, 6) is -4.94. The van der Waals surface area contributed by atoms with Gasteiger partial charge >= 0.3 is 94.8 Å². The van der Waals surface area contributed by atoms with Crippen molar-refractivity contribution in [3.63, 3.8) is 0 Å². The summed E-state index contributed by atoms with van der Waals surface area (Å²) in [5.41, 5.74) is 0. The fourth-order valence-electron chi connectivity index (χ4n) is 8.80. The SMILES string of the molecule is O=C(O)[C@H]1O[C@@H](O[C@H]2[C@H](OS(=O)(=O)O)[C@@H](NS(=O)(=O)O)[C@@H](O[C@H]3[C@H](O)[C@@H](OS(=O)(=O)O)[C@H](O[C@H]4[C@H](O)[C@@H](NS(=O)(=O)O)[C@@H](O)O[C@@H]4COS(=O)(=O)O)O[C@H]3C(=O)O)O[C@@H]2COS(=O)(=O)O)[C@H](O)[C@@H](O)[C@@H]1O[C@H]1O[C@H](COS(=O)(=O)O)[C@@H](O)[C@H](O)[C@H]1NS(=O)(=O)O. The van der Waals surface area contributed by atoms with Crippen LogP contribution in [0.1, 0.15) is 0 Å². The number of hydrogen-bond acceptors (Lipinski definition) is 39. The number of hydrogen-bond donors (Lipinski definition) is 20. The molecule has 0 aliphatic carbocycles. The quantitative estimate of drug-likeness (QED) is 0.0309. The van der Waals surface area contributed by atoms with Gasteiger partial charge in [0, 0.05) is 0 Å². The number of ether oxygens (including phenoxy) is 9. The molecule has 5 fully saturated rings. The van der Waals surface area contributed by atoms with E-state index in [1.165, 1.54) is 9.44 Å². The zero-order valence-corrected chi connectivity index (χ0v) is 49.5. The van der Waals surface area contributed by atoms with Gasteiger partial charge in [-0.3, -0.25) is 36.4 Å². The predicted molar refractivity (Wildman–Crippen MR) is 257 cm³/mol. The highest BCUT2D eigenvalue weighted by atomic mass is 32.3. The first-order valence-electron chi connectivity index (χ1n) is 23.2. The summed E-state index contributed by atoms with van der Waals surface area (Å²) < 4.78 is 339. The Morgan fingerprint density at radius 1 is 0.333 bits per heavy atom. The summed E-state index contributed by atoms with van der Waals surface area (Å²) >= 11 is 0. The highest BCUT2D eigenvalue weighted by Gasteiger charge is 2.61. The van der Waals surface area contributed by atoms with Gasteiger partial charge in [0.1, 0.15) is 104 Å². The van der Waals surface area contributed by atoms with Crippen LogP contribution in [-0.4, -0.2) is 335 Å². The third kappa shape index (κ3) is 22.4. The van der Waals surface area contributed by atoms with Gasteiger partial charge in [-0.15, -0.1) is 0 Å². The first-order valence-corrected chi connectivity index (χ1v) is 34.3. The number of carbonyl (C=O) groups is 2. The largest absolute Gasteiger partial charge is 0.479 e. The molecule has 0 unspecified atom stereocenters. The van der Waals surface area contributed by atoms with Gasteiger partial charge in [-0.1, -0.05) is 0 Å². The standard InChI is InChI=1S/C30H51N3O49S8/c34-10-4(1-69-86(54,55)56)73-27(8(11(10)35)32-84(48,49)50)77-19-13(37)14(38)29(79-22(19)24(40)41)76-17-6(3-71-88(60,61)62)74-28(9(33-85(51,52)53)18(17)81-89(63,64)65)78-20-15(39)21(82-90(66,67)68)30(80-23(20)25(42)43)75-16-5(2-70-87(57,58)59)72-26(44)7(12(16)36)31-83(45,46)47/h4-23,26-39,44H,1-3H2,(H,40,41)(H,42,43)(H,45,46,47)(H,48,49,50)(H,51,52,53)(H,54,55,56)(H,57,58,59)(H,60,61,62)(H,63,64,65)(H,66,67,68)/t4-,5-,6-,7-,8-,9-,10-,11-,12-,13-,14-,15+,16-,17-,18-,19+,20+,21-,22+,23-,26+,27-,28-,29-,30-/m1/s1. The first-order chi connectivity index (χ1) is 40.6. The van der Waals surface area contributed by atoms with Crippen molar-refractivity contribution in [2.24, 2.45) is 0 Å². The summed E-state index contributed by atoms with van der Waals surface area (Å²) in [5, 5.41) is 97.8. The van der Waals surface area contributed by atoms with Gasteiger partial charge < -0.3 is 88.6 Å². The third-order valence-corrected chi connectivity index (χ3v) is 16.2. The van der Waals surface area contributed by atoms with Crippen LogP contribution in [0.5, 0.6) is 0 Å². The number of carboxylic acid groups (broad SMARTS) is 2. The molecule has 528 valence electrons. The molecule has 5 rings (SSSR count). The lowest BCUT2D eigenvalue weighted by Crippen LogP contribution is -2.71. The Morgan fingerprint density at radius 3 is 1.14 bits per heavy atom. The van der Waals surface area contributed by atoms with Gasteiger partial charge in [0.25, 0.3) is 0 Å². The number of aliphatic hydroxyl groups is 7. The van der Waals surface area contributed by atoms with Gasteiger partial charge in [0.15, 0.2) is 49.8 Å². The van der Waals surface area contributed by atoms with E-state index in [1.54, 1.807) is 0 Å². The Labute approximate surface area is 502 Å².